The topological polar surface area (TPSA) is 86.7 Å². The molecule has 6 nitrogen and oxygen atoms in total. The molecule has 0 heterocycles. The van der Waals surface area contributed by atoms with Crippen LogP contribution in [0.25, 0.3) is 0 Å². The fourth-order valence-corrected chi connectivity index (χ4v) is 1.89. The van der Waals surface area contributed by atoms with Crippen LogP contribution in [0.2, 0.25) is 0 Å². The summed E-state index contributed by atoms with van der Waals surface area (Å²) in [6.45, 7) is 5.65. The molecular formula is C12H24N2O4S. The van der Waals surface area contributed by atoms with E-state index in [0.717, 1.165) is 0 Å². The molecule has 3 unspecified atom stereocenters. The fourth-order valence-electron chi connectivity index (χ4n) is 1.44. The van der Waals surface area contributed by atoms with Crippen molar-refractivity contribution in [3.63, 3.8) is 0 Å². The Balaban J connectivity index is 4.32. The van der Waals surface area contributed by atoms with E-state index in [1.54, 1.807) is 6.26 Å². The summed E-state index contributed by atoms with van der Waals surface area (Å²) in [7, 11) is -0.914. The Hall–Kier alpha value is -1.11. The Kier molecular flexibility index (Phi) is 8.38. The second-order valence-electron chi connectivity index (χ2n) is 4.61. The van der Waals surface area contributed by atoms with E-state index in [2.05, 4.69) is 5.32 Å². The van der Waals surface area contributed by atoms with Gasteiger partial charge in [0.05, 0.1) is 0 Å². The third kappa shape index (κ3) is 7.15. The van der Waals surface area contributed by atoms with Crippen LogP contribution in [-0.2, 0) is 15.6 Å². The molecule has 0 rings (SSSR count). The molecule has 0 aromatic carbocycles. The Morgan fingerprint density at radius 2 is 1.95 bits per heavy atom. The van der Waals surface area contributed by atoms with Crippen LogP contribution in [0.5, 0.6) is 0 Å². The maximum absolute atomic E-state index is 11.9. The number of carboxylic acid groups (broad SMARTS) is 1. The molecule has 0 bridgehead atoms. The number of rotatable bonds is 8. The van der Waals surface area contributed by atoms with Crippen LogP contribution < -0.4 is 5.32 Å². The number of carbonyl (C=O) groups is 2. The predicted octanol–water partition coefficient (Wildman–Crippen LogP) is 1.04. The van der Waals surface area contributed by atoms with Crippen molar-refractivity contribution in [1.29, 1.82) is 0 Å². The van der Waals surface area contributed by atoms with Gasteiger partial charge < -0.3 is 15.3 Å². The molecular weight excluding hydrogens is 268 g/mol. The minimum absolute atomic E-state index is 0.0109. The van der Waals surface area contributed by atoms with Crippen LogP contribution >= 0.6 is 0 Å². The van der Waals surface area contributed by atoms with Gasteiger partial charge in [0.25, 0.3) is 0 Å². The first kappa shape index (κ1) is 17.9. The van der Waals surface area contributed by atoms with Crippen molar-refractivity contribution >= 4 is 22.8 Å². The van der Waals surface area contributed by atoms with E-state index < -0.39 is 16.8 Å². The molecule has 0 aliphatic rings. The second kappa shape index (κ2) is 8.90. The lowest BCUT2D eigenvalue weighted by atomic mass is 10.2. The molecule has 3 atom stereocenters. The highest BCUT2D eigenvalue weighted by molar-refractivity contribution is 7.84. The highest BCUT2D eigenvalue weighted by atomic mass is 32.2. The van der Waals surface area contributed by atoms with E-state index in [0.29, 0.717) is 19.4 Å². The van der Waals surface area contributed by atoms with Crippen molar-refractivity contribution in [2.24, 2.45) is 0 Å². The zero-order chi connectivity index (χ0) is 15.0. The maximum Gasteiger partial charge on any atom is 0.323 e. The van der Waals surface area contributed by atoms with Crippen LogP contribution in [0.3, 0.4) is 0 Å². The molecule has 0 saturated carbocycles. The van der Waals surface area contributed by atoms with E-state index >= 15 is 0 Å². The van der Waals surface area contributed by atoms with Gasteiger partial charge in [-0.05, 0) is 19.8 Å². The number of hydrogen-bond donors (Lipinski definition) is 2. The average molecular weight is 292 g/mol. The van der Waals surface area contributed by atoms with Gasteiger partial charge in [0.2, 0.25) is 0 Å². The summed E-state index contributed by atoms with van der Waals surface area (Å²) in [6.07, 6.45) is 2.93. The number of carboxylic acids is 1. The minimum Gasteiger partial charge on any atom is -0.480 e. The number of nitrogens with zero attached hydrogens (tertiary/aromatic N) is 1. The molecule has 0 spiro atoms. The average Bonchev–Trinajstić information content (AvgIpc) is 2.34. The monoisotopic (exact) mass is 292 g/mol. The number of carbonyl (C=O) groups excluding carboxylic acids is 1. The van der Waals surface area contributed by atoms with Crippen LogP contribution in [0, 0.1) is 0 Å². The fraction of sp³-hybridized carbons (Fsp3) is 0.833. The van der Waals surface area contributed by atoms with Gasteiger partial charge >= 0.3 is 12.0 Å². The summed E-state index contributed by atoms with van der Waals surface area (Å²) >= 11 is 0. The third-order valence-electron chi connectivity index (χ3n) is 3.08. The third-order valence-corrected chi connectivity index (χ3v) is 4.45. The zero-order valence-corrected chi connectivity index (χ0v) is 12.8. The lowest BCUT2D eigenvalue weighted by Crippen LogP contribution is -2.47. The SMILES string of the molecule is CCC(C)N(CC(=O)O)C(=O)NCCC(C)S(C)=O. The lowest BCUT2D eigenvalue weighted by molar-refractivity contribution is -0.138. The first-order valence-corrected chi connectivity index (χ1v) is 8.00. The minimum atomic E-state index is -1.03. The molecule has 0 radical (unpaired) electrons. The highest BCUT2D eigenvalue weighted by Gasteiger charge is 2.21. The molecule has 0 aromatic rings. The van der Waals surface area contributed by atoms with Gasteiger partial charge in [-0.2, -0.15) is 0 Å². The number of urea groups is 1. The van der Waals surface area contributed by atoms with Crippen LogP contribution in [0.1, 0.15) is 33.6 Å². The van der Waals surface area contributed by atoms with Crippen molar-refractivity contribution in [2.75, 3.05) is 19.3 Å². The first-order valence-electron chi connectivity index (χ1n) is 6.38. The summed E-state index contributed by atoms with van der Waals surface area (Å²) < 4.78 is 11.2. The largest absolute Gasteiger partial charge is 0.480 e. The van der Waals surface area contributed by atoms with Crippen molar-refractivity contribution in [3.8, 4) is 0 Å². The molecule has 112 valence electrons. The number of nitrogens with one attached hydrogen (secondary N) is 1. The molecule has 0 aliphatic heterocycles. The van der Waals surface area contributed by atoms with E-state index in [4.69, 9.17) is 5.11 Å². The molecule has 2 N–H and O–H groups in total. The Morgan fingerprint density at radius 3 is 2.37 bits per heavy atom. The summed E-state index contributed by atoms with van der Waals surface area (Å²) in [4.78, 5) is 24.0. The molecule has 0 aromatic heterocycles. The second-order valence-corrected chi connectivity index (χ2v) is 6.41. The standard InChI is InChI=1S/C12H24N2O4S/c1-5-9(2)14(8-11(15)16)12(17)13-7-6-10(3)19(4)18/h9-10H,5-8H2,1-4H3,(H,13,17)(H,15,16). The van der Waals surface area contributed by atoms with E-state index in [1.807, 2.05) is 20.8 Å². The van der Waals surface area contributed by atoms with Gasteiger partial charge in [-0.25, -0.2) is 4.79 Å². The molecule has 0 aliphatic carbocycles. The van der Waals surface area contributed by atoms with Gasteiger partial charge in [-0.1, -0.05) is 13.8 Å². The van der Waals surface area contributed by atoms with Crippen molar-refractivity contribution < 1.29 is 18.9 Å². The Bertz CT molecular complexity index is 336. The summed E-state index contributed by atoms with van der Waals surface area (Å²) in [6, 6.07) is -0.514. The van der Waals surface area contributed by atoms with Crippen molar-refractivity contribution in [2.45, 2.75) is 44.9 Å². The van der Waals surface area contributed by atoms with Crippen LogP contribution in [-0.4, -0.2) is 56.9 Å². The van der Waals surface area contributed by atoms with Crippen LogP contribution in [0.15, 0.2) is 0 Å². The van der Waals surface area contributed by atoms with Crippen molar-refractivity contribution in [1.82, 2.24) is 10.2 Å². The van der Waals surface area contributed by atoms with Crippen LogP contribution in [0.4, 0.5) is 4.79 Å². The van der Waals surface area contributed by atoms with E-state index in [9.17, 15) is 13.8 Å². The Morgan fingerprint density at radius 1 is 1.37 bits per heavy atom. The maximum atomic E-state index is 11.9. The smallest absolute Gasteiger partial charge is 0.323 e. The van der Waals surface area contributed by atoms with Gasteiger partial charge in [0, 0.05) is 34.9 Å². The number of amides is 2. The first-order chi connectivity index (χ1) is 8.79. The van der Waals surface area contributed by atoms with Gasteiger partial charge in [-0.15, -0.1) is 0 Å². The predicted molar refractivity (Wildman–Crippen MR) is 75.6 cm³/mol. The summed E-state index contributed by atoms with van der Waals surface area (Å²) in [5.74, 6) is -1.03. The van der Waals surface area contributed by atoms with Crippen molar-refractivity contribution in [3.05, 3.63) is 0 Å². The summed E-state index contributed by atoms with van der Waals surface area (Å²) in [5, 5.41) is 11.5. The lowest BCUT2D eigenvalue weighted by Gasteiger charge is -2.27. The molecule has 2 amide bonds. The molecule has 19 heavy (non-hydrogen) atoms. The molecule has 7 heteroatoms. The van der Waals surface area contributed by atoms with Gasteiger partial charge in [-0.3, -0.25) is 9.00 Å². The van der Waals surface area contributed by atoms with Gasteiger partial charge in [0.15, 0.2) is 0 Å². The summed E-state index contributed by atoms with van der Waals surface area (Å²) in [5.41, 5.74) is 0. The highest BCUT2D eigenvalue weighted by Crippen LogP contribution is 2.04. The molecule has 0 fully saturated rings. The molecule has 0 saturated heterocycles. The van der Waals surface area contributed by atoms with E-state index in [-0.39, 0.29) is 23.9 Å². The Labute approximate surface area is 117 Å². The quantitative estimate of drug-likeness (QED) is 0.700. The zero-order valence-electron chi connectivity index (χ0n) is 12.0. The number of hydrogen-bond acceptors (Lipinski definition) is 3. The van der Waals surface area contributed by atoms with Gasteiger partial charge in [0.1, 0.15) is 6.54 Å². The number of aliphatic carboxylic acids is 1. The van der Waals surface area contributed by atoms with E-state index in [1.165, 1.54) is 4.90 Å². The normalized spacial score (nSPS) is 15.4.